The molecule has 0 saturated heterocycles. The molecule has 0 aliphatic heterocycles. The number of methoxy groups -OCH3 is 1. The number of fused-ring (bicyclic) bond motifs is 1. The Balaban J connectivity index is 1.28. The first-order valence-electron chi connectivity index (χ1n) is 17.1. The molecule has 2 aliphatic carbocycles. The minimum Gasteiger partial charge on any atom is -0.492 e. The Kier molecular flexibility index (Phi) is 10.7. The Morgan fingerprint density at radius 3 is 2.35 bits per heavy atom. The van der Waals surface area contributed by atoms with Gasteiger partial charge in [0.25, 0.3) is 5.91 Å². The largest absolute Gasteiger partial charge is 0.492 e. The first-order valence-corrected chi connectivity index (χ1v) is 17.1. The number of halogens is 5. The van der Waals surface area contributed by atoms with Crippen LogP contribution >= 0.6 is 0 Å². The number of alkyl halides is 5. The molecule has 3 aromatic rings. The summed E-state index contributed by atoms with van der Waals surface area (Å²) in [4.78, 5) is 26.9. The van der Waals surface area contributed by atoms with E-state index in [0.717, 1.165) is 87.1 Å². The fourth-order valence-corrected chi connectivity index (χ4v) is 7.99. The van der Waals surface area contributed by atoms with Gasteiger partial charge >= 0.3 is 12.1 Å². The maximum absolute atomic E-state index is 14.2. The Morgan fingerprint density at radius 1 is 0.958 bits per heavy atom. The van der Waals surface area contributed by atoms with E-state index in [2.05, 4.69) is 12.2 Å². The van der Waals surface area contributed by atoms with Gasteiger partial charge in [-0.3, -0.25) is 9.59 Å². The van der Waals surface area contributed by atoms with Crippen LogP contribution in [0.25, 0.3) is 10.9 Å². The van der Waals surface area contributed by atoms with Crippen molar-refractivity contribution in [3.05, 3.63) is 53.2 Å². The van der Waals surface area contributed by atoms with Crippen molar-refractivity contribution in [1.82, 2.24) is 4.57 Å². The van der Waals surface area contributed by atoms with Crippen molar-refractivity contribution in [1.29, 1.82) is 0 Å². The number of carbonyl (C=O) groups is 2. The lowest BCUT2D eigenvalue weighted by Gasteiger charge is -2.30. The summed E-state index contributed by atoms with van der Waals surface area (Å²) in [6.07, 6.45) is 6.60. The highest BCUT2D eigenvalue weighted by Crippen LogP contribution is 2.47. The molecule has 0 radical (unpaired) electrons. The van der Waals surface area contributed by atoms with Crippen molar-refractivity contribution < 1.29 is 36.3 Å². The predicted molar refractivity (Wildman–Crippen MR) is 177 cm³/mol. The molecular weight excluding hydrogens is 629 g/mol. The molecule has 6 nitrogen and oxygen atoms in total. The lowest BCUT2D eigenvalue weighted by atomic mass is 9.74. The number of rotatable bonds is 10. The number of Topliss-reactive ketones (excluding diaryl/α,β-unsaturated/α-hetero) is 1. The highest BCUT2D eigenvalue weighted by molar-refractivity contribution is 6.07. The number of nitrogens with one attached hydrogen (secondary N) is 1. The normalized spacial score (nSPS) is 22.3. The van der Waals surface area contributed by atoms with Crippen LogP contribution in [0.1, 0.15) is 99.2 Å². The van der Waals surface area contributed by atoms with Gasteiger partial charge in [-0.15, -0.1) is 0 Å². The Labute approximate surface area is 278 Å². The lowest BCUT2D eigenvalue weighted by Crippen LogP contribution is -2.33. The highest BCUT2D eigenvalue weighted by Gasteiger charge is 2.59. The van der Waals surface area contributed by atoms with Crippen LogP contribution in [0.15, 0.2) is 36.4 Å². The number of aryl methyl sites for hydroxylation is 2. The molecule has 3 N–H and O–H groups in total. The molecule has 4 atom stereocenters. The third kappa shape index (κ3) is 7.34. The zero-order chi connectivity index (χ0) is 34.8. The summed E-state index contributed by atoms with van der Waals surface area (Å²) in [7, 11) is 2.90. The number of nitrogens with two attached hydrogens (primary N) is 1. The Morgan fingerprint density at radius 2 is 1.67 bits per heavy atom. The van der Waals surface area contributed by atoms with Crippen molar-refractivity contribution >= 4 is 34.0 Å². The fourth-order valence-electron chi connectivity index (χ4n) is 7.99. The van der Waals surface area contributed by atoms with Crippen LogP contribution in [-0.2, 0) is 24.2 Å². The maximum Gasteiger partial charge on any atom is 0.458 e. The number of para-hydroxylation sites is 1. The van der Waals surface area contributed by atoms with E-state index in [4.69, 9.17) is 10.5 Å². The van der Waals surface area contributed by atoms with Gasteiger partial charge in [0.05, 0.1) is 24.0 Å². The van der Waals surface area contributed by atoms with Crippen LogP contribution in [0.3, 0.4) is 0 Å². The molecule has 0 bridgehead atoms. The number of nitrogens with zero attached hydrogens (tertiary/aromatic N) is 1. The van der Waals surface area contributed by atoms with E-state index in [1.165, 1.54) is 13.5 Å². The second kappa shape index (κ2) is 14.5. The van der Waals surface area contributed by atoms with Gasteiger partial charge in [-0.25, -0.2) is 0 Å². The molecule has 2 fully saturated rings. The Hall–Kier alpha value is -3.63. The molecule has 1 heterocycles. The van der Waals surface area contributed by atoms with Crippen LogP contribution in [0.4, 0.5) is 33.3 Å². The van der Waals surface area contributed by atoms with Crippen LogP contribution in [0.2, 0.25) is 0 Å². The van der Waals surface area contributed by atoms with Crippen molar-refractivity contribution in [3.63, 3.8) is 0 Å². The second-order valence-electron chi connectivity index (χ2n) is 13.8. The van der Waals surface area contributed by atoms with E-state index in [-0.39, 0.29) is 23.3 Å². The van der Waals surface area contributed by atoms with Gasteiger partial charge in [-0.05, 0) is 80.5 Å². The van der Waals surface area contributed by atoms with E-state index in [1.807, 2.05) is 18.2 Å². The summed E-state index contributed by atoms with van der Waals surface area (Å²) >= 11 is 0. The zero-order valence-electron chi connectivity index (χ0n) is 27.9. The van der Waals surface area contributed by atoms with Crippen molar-refractivity contribution in [2.75, 3.05) is 18.2 Å². The van der Waals surface area contributed by atoms with Crippen molar-refractivity contribution in [2.45, 2.75) is 96.1 Å². The van der Waals surface area contributed by atoms with Gasteiger partial charge in [0.1, 0.15) is 11.5 Å². The summed E-state index contributed by atoms with van der Waals surface area (Å²) in [5.41, 5.74) is 5.58. The number of ether oxygens (including phenoxy) is 1. The predicted octanol–water partition coefficient (Wildman–Crippen LogP) is 9.59. The number of ketones is 1. The second-order valence-corrected chi connectivity index (χ2v) is 13.8. The highest BCUT2D eigenvalue weighted by atomic mass is 19.4. The van der Waals surface area contributed by atoms with Crippen LogP contribution < -0.4 is 15.8 Å². The smallest absolute Gasteiger partial charge is 0.458 e. The SMILES string of the molecule is CCC1CCCC(C(=O)C2CCCC(CCc3cccc4cc(C(=O)Nc5cc(C(F)(F)C(F)(F)F)cc(N)c5OC)n(C)c34)CC2)C1. The molecule has 2 aliphatic rings. The topological polar surface area (TPSA) is 86.3 Å². The van der Waals surface area contributed by atoms with Crippen molar-refractivity contribution in [2.24, 2.45) is 30.7 Å². The molecule has 0 spiro atoms. The Bertz CT molecular complexity index is 1630. The van der Waals surface area contributed by atoms with Gasteiger partial charge in [0.2, 0.25) is 0 Å². The van der Waals surface area contributed by atoms with E-state index in [0.29, 0.717) is 29.8 Å². The summed E-state index contributed by atoms with van der Waals surface area (Å²) in [6.45, 7) is 2.23. The maximum atomic E-state index is 14.2. The standard InChI is InChI=1S/C37H46F5N3O3/c1-4-22-8-5-13-27(18-22)33(46)25-11-6-9-23(15-17-25)14-16-24-10-7-12-26-19-31(45(2)32(24)26)35(47)44-30-21-28(20-29(43)34(30)48-3)36(38,39)37(40,41)42/h7,10,12,19-23,25,27H,4-6,8-9,11,13-18,43H2,1-3H3,(H,44,47). The molecule has 1 aromatic heterocycles. The van der Waals surface area contributed by atoms with E-state index < -0.39 is 34.9 Å². The number of aromatic nitrogens is 1. The number of carbonyl (C=O) groups excluding carboxylic acids is 2. The average molecular weight is 676 g/mol. The van der Waals surface area contributed by atoms with Gasteiger partial charge in [-0.1, -0.05) is 57.2 Å². The minimum absolute atomic E-state index is 0.169. The first-order chi connectivity index (χ1) is 22.7. The molecular formula is C37H46F5N3O3. The van der Waals surface area contributed by atoms with Crippen LogP contribution in [0, 0.1) is 23.7 Å². The molecule has 5 rings (SSSR count). The molecule has 2 saturated carbocycles. The molecule has 1 amide bonds. The van der Waals surface area contributed by atoms with Gasteiger partial charge in [0, 0.05) is 29.8 Å². The number of nitrogen functional groups attached to an aromatic ring is 1. The molecule has 262 valence electrons. The lowest BCUT2D eigenvalue weighted by molar-refractivity contribution is -0.289. The number of amides is 1. The number of anilines is 2. The first kappa shape index (κ1) is 35.7. The zero-order valence-corrected chi connectivity index (χ0v) is 27.9. The number of hydrogen-bond donors (Lipinski definition) is 2. The third-order valence-electron chi connectivity index (χ3n) is 10.7. The van der Waals surface area contributed by atoms with Gasteiger partial charge in [0.15, 0.2) is 5.75 Å². The summed E-state index contributed by atoms with van der Waals surface area (Å²) in [5, 5.41) is 3.24. The van der Waals surface area contributed by atoms with Gasteiger partial charge < -0.3 is 20.4 Å². The van der Waals surface area contributed by atoms with E-state index in [1.54, 1.807) is 17.7 Å². The average Bonchev–Trinajstić information content (AvgIpc) is 3.22. The third-order valence-corrected chi connectivity index (χ3v) is 10.7. The van der Waals surface area contributed by atoms with Gasteiger partial charge in [-0.2, -0.15) is 22.0 Å². The van der Waals surface area contributed by atoms with E-state index in [9.17, 15) is 31.5 Å². The molecule has 11 heteroatoms. The summed E-state index contributed by atoms with van der Waals surface area (Å²) in [6, 6.07) is 8.50. The van der Waals surface area contributed by atoms with Crippen LogP contribution in [-0.4, -0.2) is 29.5 Å². The monoisotopic (exact) mass is 675 g/mol. The number of benzene rings is 2. The number of hydrogen-bond acceptors (Lipinski definition) is 4. The molecule has 48 heavy (non-hydrogen) atoms. The van der Waals surface area contributed by atoms with Crippen molar-refractivity contribution in [3.8, 4) is 5.75 Å². The van der Waals surface area contributed by atoms with E-state index >= 15 is 0 Å². The molecule has 4 unspecified atom stereocenters. The minimum atomic E-state index is -5.86. The molecule has 2 aromatic carbocycles. The fraction of sp³-hybridized carbons (Fsp3) is 0.568. The van der Waals surface area contributed by atoms with Crippen LogP contribution in [0.5, 0.6) is 5.75 Å². The summed E-state index contributed by atoms with van der Waals surface area (Å²) in [5.74, 6) is -4.05. The quantitative estimate of drug-likeness (QED) is 0.127. The summed E-state index contributed by atoms with van der Waals surface area (Å²) < 4.78 is 74.6.